The van der Waals surface area contributed by atoms with Crippen molar-refractivity contribution in [2.24, 2.45) is 0 Å². The minimum atomic E-state index is 0.0222. The monoisotopic (exact) mass is 403 g/mol. The Bertz CT molecular complexity index is 995. The normalized spacial score (nSPS) is 22.2. The molecule has 1 N–H and O–H groups in total. The number of nitrogens with one attached hydrogen (secondary N) is 1. The molecule has 2 aliphatic rings. The molecular formula is C23H25N5S. The van der Waals surface area contributed by atoms with Crippen LogP contribution in [0.4, 0.5) is 0 Å². The van der Waals surface area contributed by atoms with Crippen molar-refractivity contribution < 1.29 is 0 Å². The van der Waals surface area contributed by atoms with Crippen molar-refractivity contribution in [2.45, 2.75) is 50.7 Å². The van der Waals surface area contributed by atoms with E-state index in [2.05, 4.69) is 55.9 Å². The third-order valence-electron chi connectivity index (χ3n) is 6.17. The molecule has 5 nitrogen and oxygen atoms in total. The molecule has 4 heterocycles. The van der Waals surface area contributed by atoms with E-state index >= 15 is 0 Å². The number of nitrogens with zero attached hydrogens (tertiary/aromatic N) is 4. The van der Waals surface area contributed by atoms with Gasteiger partial charge in [0, 0.05) is 29.8 Å². The fourth-order valence-corrected chi connectivity index (χ4v) is 5.28. The number of rotatable bonds is 4. The first kappa shape index (κ1) is 18.3. The van der Waals surface area contributed by atoms with Gasteiger partial charge < -0.3 is 14.8 Å². The molecule has 2 fully saturated rings. The number of hydrogen-bond donors (Lipinski definition) is 1. The van der Waals surface area contributed by atoms with Crippen molar-refractivity contribution >= 4 is 17.3 Å². The van der Waals surface area contributed by atoms with Gasteiger partial charge in [-0.15, -0.1) is 0 Å². The van der Waals surface area contributed by atoms with Gasteiger partial charge in [0.1, 0.15) is 0 Å². The van der Waals surface area contributed by atoms with Crippen LogP contribution in [0.3, 0.4) is 0 Å². The van der Waals surface area contributed by atoms with E-state index in [1.807, 2.05) is 36.8 Å². The van der Waals surface area contributed by atoms with Crippen LogP contribution in [0.5, 0.6) is 0 Å². The maximum atomic E-state index is 5.86. The molecule has 5 rings (SSSR count). The fourth-order valence-electron chi connectivity index (χ4n) is 4.89. The summed E-state index contributed by atoms with van der Waals surface area (Å²) in [5.74, 6) is 0. The number of hydrogen-bond acceptors (Lipinski definition) is 3. The molecule has 0 spiro atoms. The van der Waals surface area contributed by atoms with Gasteiger partial charge in [0.15, 0.2) is 5.11 Å². The highest BCUT2D eigenvalue weighted by Gasteiger charge is 2.45. The van der Waals surface area contributed by atoms with Crippen LogP contribution in [-0.2, 0) is 0 Å². The first-order chi connectivity index (χ1) is 14.2. The maximum Gasteiger partial charge on any atom is 0.170 e. The third-order valence-corrected chi connectivity index (χ3v) is 6.50. The van der Waals surface area contributed by atoms with Crippen molar-refractivity contribution in [3.63, 3.8) is 0 Å². The lowest BCUT2D eigenvalue weighted by atomic mass is 9.99. The van der Waals surface area contributed by atoms with Gasteiger partial charge in [-0.05, 0) is 68.4 Å². The lowest BCUT2D eigenvalue weighted by Gasteiger charge is -2.33. The summed E-state index contributed by atoms with van der Waals surface area (Å²) < 4.78 is 2.31. The predicted molar refractivity (Wildman–Crippen MR) is 118 cm³/mol. The third kappa shape index (κ3) is 3.21. The molecule has 148 valence electrons. The van der Waals surface area contributed by atoms with Crippen molar-refractivity contribution in [3.8, 4) is 5.69 Å². The number of aromatic nitrogens is 3. The number of aryl methyl sites for hydroxylation is 1. The van der Waals surface area contributed by atoms with E-state index in [0.717, 1.165) is 16.5 Å². The fraction of sp³-hybridized carbons (Fsp3) is 0.348. The van der Waals surface area contributed by atoms with Gasteiger partial charge in [0.25, 0.3) is 0 Å². The molecule has 1 saturated carbocycles. The summed E-state index contributed by atoms with van der Waals surface area (Å²) in [4.78, 5) is 11.5. The van der Waals surface area contributed by atoms with Crippen LogP contribution < -0.4 is 5.32 Å². The number of pyridine rings is 2. The molecule has 3 aromatic rings. The molecule has 0 radical (unpaired) electrons. The smallest absolute Gasteiger partial charge is 0.170 e. The lowest BCUT2D eigenvalue weighted by molar-refractivity contribution is 0.239. The second-order valence-corrected chi connectivity index (χ2v) is 8.31. The summed E-state index contributed by atoms with van der Waals surface area (Å²) in [7, 11) is 0. The largest absolute Gasteiger partial charge is 0.352 e. The molecule has 0 aromatic carbocycles. The topological polar surface area (TPSA) is 46.0 Å². The Hall–Kier alpha value is -2.73. The zero-order valence-electron chi connectivity index (χ0n) is 16.5. The summed E-state index contributed by atoms with van der Waals surface area (Å²) in [6, 6.07) is 15.2. The van der Waals surface area contributed by atoms with Gasteiger partial charge in [-0.1, -0.05) is 18.9 Å². The highest BCUT2D eigenvalue weighted by Crippen LogP contribution is 2.43. The van der Waals surface area contributed by atoms with Crippen molar-refractivity contribution in [2.75, 3.05) is 0 Å². The predicted octanol–water partition coefficient (Wildman–Crippen LogP) is 4.49. The zero-order chi connectivity index (χ0) is 19.8. The molecule has 29 heavy (non-hydrogen) atoms. The summed E-state index contributed by atoms with van der Waals surface area (Å²) in [6.07, 6.45) is 10.5. The van der Waals surface area contributed by atoms with Crippen molar-refractivity contribution in [1.29, 1.82) is 0 Å². The Morgan fingerprint density at radius 1 is 1.03 bits per heavy atom. The summed E-state index contributed by atoms with van der Waals surface area (Å²) in [5.41, 5.74) is 4.52. The van der Waals surface area contributed by atoms with Crippen LogP contribution >= 0.6 is 12.2 Å². The van der Waals surface area contributed by atoms with Crippen LogP contribution in [0.25, 0.3) is 5.69 Å². The van der Waals surface area contributed by atoms with Crippen molar-refractivity contribution in [3.05, 3.63) is 78.1 Å². The highest BCUT2D eigenvalue weighted by molar-refractivity contribution is 7.80. The van der Waals surface area contributed by atoms with E-state index in [1.54, 1.807) is 0 Å². The Labute approximate surface area is 176 Å². The summed E-state index contributed by atoms with van der Waals surface area (Å²) in [5, 5.41) is 4.44. The van der Waals surface area contributed by atoms with Gasteiger partial charge in [0.05, 0.1) is 29.7 Å². The summed E-state index contributed by atoms with van der Waals surface area (Å²) in [6.45, 7) is 2.15. The SMILES string of the molecule is Cc1ccc([C@@H]2[C@@H](c3ccccn3)NC(=S)N2C2CCCC2)n1-c1cccnc1. The maximum absolute atomic E-state index is 5.86. The average Bonchev–Trinajstić information content (AvgIpc) is 3.48. The minimum absolute atomic E-state index is 0.0222. The van der Waals surface area contributed by atoms with Gasteiger partial charge in [-0.2, -0.15) is 0 Å². The van der Waals surface area contributed by atoms with Gasteiger partial charge in [-0.25, -0.2) is 0 Å². The first-order valence-corrected chi connectivity index (χ1v) is 10.7. The van der Waals surface area contributed by atoms with Crippen LogP contribution in [-0.4, -0.2) is 30.6 Å². The second-order valence-electron chi connectivity index (χ2n) is 7.92. The first-order valence-electron chi connectivity index (χ1n) is 10.3. The van der Waals surface area contributed by atoms with E-state index < -0.39 is 0 Å². The van der Waals surface area contributed by atoms with E-state index in [4.69, 9.17) is 12.2 Å². The molecule has 0 unspecified atom stereocenters. The highest BCUT2D eigenvalue weighted by atomic mass is 32.1. The average molecular weight is 404 g/mol. The van der Waals surface area contributed by atoms with Crippen LogP contribution in [0.15, 0.2) is 61.1 Å². The molecule has 1 aliphatic heterocycles. The quantitative estimate of drug-likeness (QED) is 0.650. The molecule has 1 saturated heterocycles. The molecule has 1 aliphatic carbocycles. The molecule has 3 aromatic heterocycles. The number of thiocarbonyl (C=S) groups is 1. The van der Waals surface area contributed by atoms with Crippen molar-refractivity contribution in [1.82, 2.24) is 24.8 Å². The van der Waals surface area contributed by atoms with Gasteiger partial charge in [-0.3, -0.25) is 9.97 Å². The van der Waals surface area contributed by atoms with Crippen LogP contribution in [0.2, 0.25) is 0 Å². The Kier molecular flexibility index (Phi) is 4.79. The molecule has 6 heteroatoms. The Morgan fingerprint density at radius 2 is 1.90 bits per heavy atom. The van der Waals surface area contributed by atoms with Gasteiger partial charge >= 0.3 is 0 Å². The lowest BCUT2D eigenvalue weighted by Crippen LogP contribution is -2.38. The van der Waals surface area contributed by atoms with Crippen LogP contribution in [0, 0.1) is 6.92 Å². The van der Waals surface area contributed by atoms with Gasteiger partial charge in [0.2, 0.25) is 0 Å². The van der Waals surface area contributed by atoms with E-state index in [9.17, 15) is 0 Å². The molecule has 0 bridgehead atoms. The van der Waals surface area contributed by atoms with E-state index in [1.165, 1.54) is 37.1 Å². The molecule has 0 amide bonds. The second kappa shape index (κ2) is 7.59. The Balaban J connectivity index is 1.65. The minimum Gasteiger partial charge on any atom is -0.352 e. The molecule has 2 atom stereocenters. The van der Waals surface area contributed by atoms with E-state index in [0.29, 0.717) is 6.04 Å². The molecular weight excluding hydrogens is 378 g/mol. The zero-order valence-corrected chi connectivity index (χ0v) is 17.3. The standard InChI is InChI=1S/C23H25N5S/c1-16-11-12-20(27(16)18-9-6-13-24-15-18)22-21(19-10-4-5-14-25-19)26-23(29)28(22)17-7-2-3-8-17/h4-6,9-15,17,21-22H,2-3,7-8H2,1H3,(H,26,29)/t21-,22-/m1/s1. The summed E-state index contributed by atoms with van der Waals surface area (Å²) >= 11 is 5.86. The van der Waals surface area contributed by atoms with E-state index in [-0.39, 0.29) is 12.1 Å². The Morgan fingerprint density at radius 3 is 2.62 bits per heavy atom. The van der Waals surface area contributed by atoms with Crippen LogP contribution in [0.1, 0.15) is 54.8 Å².